The van der Waals surface area contributed by atoms with Crippen molar-refractivity contribution in [1.29, 1.82) is 0 Å². The average molecular weight is 351 g/mol. The number of nitrogens with one attached hydrogen (secondary N) is 1. The average Bonchev–Trinajstić information content (AvgIpc) is 3.33. The van der Waals surface area contributed by atoms with Gasteiger partial charge in [0, 0.05) is 29.4 Å². The summed E-state index contributed by atoms with van der Waals surface area (Å²) in [6.45, 7) is 2.35. The van der Waals surface area contributed by atoms with Gasteiger partial charge in [0.2, 0.25) is 0 Å². The van der Waals surface area contributed by atoms with Gasteiger partial charge in [-0.15, -0.1) is 0 Å². The van der Waals surface area contributed by atoms with E-state index < -0.39 is 34.3 Å². The quantitative estimate of drug-likeness (QED) is 0.836. The number of hydrogen-bond donors (Lipinski definition) is 2. The summed E-state index contributed by atoms with van der Waals surface area (Å²) in [7, 11) is 0. The molecule has 2 atom stereocenters. The minimum Gasteiger partial charge on any atom is -0.341 e. The highest BCUT2D eigenvalue weighted by Crippen LogP contribution is 2.41. The standard InChI is InChI=1S/C18H20F3N3O/c1-8-7-24(10-2-3-10)17-12(18(8)25)14(20)13(19)11(15(17)21)16-9(6-22)4-5-23-16/h7,9-10,16,23H,2-6,22H2,1H3. The Morgan fingerprint density at radius 1 is 1.20 bits per heavy atom. The van der Waals surface area contributed by atoms with E-state index in [4.69, 9.17) is 5.73 Å². The molecular formula is C18H20F3N3O. The molecule has 1 aliphatic heterocycles. The third-order valence-corrected chi connectivity index (χ3v) is 5.41. The fourth-order valence-electron chi connectivity index (χ4n) is 3.91. The Bertz CT molecular complexity index is 920. The highest BCUT2D eigenvalue weighted by Gasteiger charge is 2.36. The number of aromatic nitrogens is 1. The van der Waals surface area contributed by atoms with Crippen molar-refractivity contribution in [3.63, 3.8) is 0 Å². The molecule has 1 aromatic carbocycles. The molecule has 1 aliphatic carbocycles. The molecule has 2 aromatic rings. The van der Waals surface area contributed by atoms with E-state index in [-0.39, 0.29) is 35.1 Å². The van der Waals surface area contributed by atoms with Gasteiger partial charge in [0.05, 0.1) is 10.9 Å². The predicted octanol–water partition coefficient (Wildman–Crippen LogP) is 2.67. The van der Waals surface area contributed by atoms with Crippen LogP contribution in [0, 0.1) is 30.3 Å². The Kier molecular flexibility index (Phi) is 3.88. The fourth-order valence-corrected chi connectivity index (χ4v) is 3.91. The van der Waals surface area contributed by atoms with Crippen LogP contribution in [0.1, 0.15) is 42.5 Å². The van der Waals surface area contributed by atoms with E-state index in [1.807, 2.05) is 0 Å². The zero-order valence-corrected chi connectivity index (χ0v) is 13.9. The highest BCUT2D eigenvalue weighted by atomic mass is 19.2. The van der Waals surface area contributed by atoms with Crippen molar-refractivity contribution in [2.24, 2.45) is 11.7 Å². The molecule has 4 rings (SSSR count). The van der Waals surface area contributed by atoms with Crippen LogP contribution in [0.2, 0.25) is 0 Å². The second kappa shape index (κ2) is 5.85. The summed E-state index contributed by atoms with van der Waals surface area (Å²) in [4.78, 5) is 12.4. The summed E-state index contributed by atoms with van der Waals surface area (Å²) in [6.07, 6.45) is 3.88. The van der Waals surface area contributed by atoms with Gasteiger partial charge in [-0.05, 0) is 45.2 Å². The lowest BCUT2D eigenvalue weighted by Gasteiger charge is -2.22. The lowest BCUT2D eigenvalue weighted by atomic mass is 9.92. The normalized spacial score (nSPS) is 23.6. The van der Waals surface area contributed by atoms with Crippen molar-refractivity contribution in [3.8, 4) is 0 Å². The van der Waals surface area contributed by atoms with Crippen LogP contribution >= 0.6 is 0 Å². The summed E-state index contributed by atoms with van der Waals surface area (Å²) < 4.78 is 46.6. The van der Waals surface area contributed by atoms with Gasteiger partial charge in [-0.2, -0.15) is 0 Å². The van der Waals surface area contributed by atoms with Crippen molar-refractivity contribution in [1.82, 2.24) is 9.88 Å². The largest absolute Gasteiger partial charge is 0.341 e. The van der Waals surface area contributed by atoms with E-state index >= 15 is 4.39 Å². The zero-order valence-electron chi connectivity index (χ0n) is 13.9. The molecule has 1 aromatic heterocycles. The number of nitrogens with two attached hydrogens (primary N) is 1. The fraction of sp³-hybridized carbons (Fsp3) is 0.500. The van der Waals surface area contributed by atoms with Gasteiger partial charge < -0.3 is 15.6 Å². The molecule has 3 N–H and O–H groups in total. The van der Waals surface area contributed by atoms with Crippen molar-refractivity contribution < 1.29 is 13.2 Å². The number of hydrogen-bond acceptors (Lipinski definition) is 3. The van der Waals surface area contributed by atoms with E-state index in [1.165, 1.54) is 6.92 Å². The Morgan fingerprint density at radius 3 is 2.56 bits per heavy atom. The first-order valence-electron chi connectivity index (χ1n) is 8.61. The third-order valence-electron chi connectivity index (χ3n) is 5.41. The Labute approximate surface area is 142 Å². The van der Waals surface area contributed by atoms with Gasteiger partial charge in [0.25, 0.3) is 0 Å². The Morgan fingerprint density at radius 2 is 1.92 bits per heavy atom. The maximum atomic E-state index is 15.4. The monoisotopic (exact) mass is 351 g/mol. The summed E-state index contributed by atoms with van der Waals surface area (Å²) in [5.41, 5.74) is 4.86. The molecule has 0 spiro atoms. The number of aryl methyl sites for hydroxylation is 1. The molecule has 0 radical (unpaired) electrons. The minimum absolute atomic E-state index is 0.0239. The van der Waals surface area contributed by atoms with E-state index in [1.54, 1.807) is 10.8 Å². The van der Waals surface area contributed by atoms with Gasteiger partial charge in [-0.3, -0.25) is 4.79 Å². The molecule has 1 saturated carbocycles. The van der Waals surface area contributed by atoms with Crippen molar-refractivity contribution in [3.05, 3.63) is 45.0 Å². The molecule has 2 fully saturated rings. The molecule has 0 amide bonds. The molecule has 0 bridgehead atoms. The van der Waals surface area contributed by atoms with Crippen LogP contribution in [0.15, 0.2) is 11.0 Å². The van der Waals surface area contributed by atoms with E-state index in [0.717, 1.165) is 12.8 Å². The number of fused-ring (bicyclic) bond motifs is 1. The maximum Gasteiger partial charge on any atom is 0.195 e. The van der Waals surface area contributed by atoms with E-state index in [0.29, 0.717) is 13.0 Å². The first-order valence-corrected chi connectivity index (χ1v) is 8.61. The predicted molar refractivity (Wildman–Crippen MR) is 89.0 cm³/mol. The van der Waals surface area contributed by atoms with Crippen LogP contribution in [0.4, 0.5) is 13.2 Å². The first kappa shape index (κ1) is 16.6. The molecule has 4 nitrogen and oxygen atoms in total. The van der Waals surface area contributed by atoms with E-state index in [2.05, 4.69) is 5.32 Å². The van der Waals surface area contributed by atoms with Crippen molar-refractivity contribution >= 4 is 10.9 Å². The van der Waals surface area contributed by atoms with Crippen LogP contribution < -0.4 is 16.5 Å². The molecular weight excluding hydrogens is 331 g/mol. The highest BCUT2D eigenvalue weighted by molar-refractivity contribution is 5.82. The number of nitrogens with zero attached hydrogens (tertiary/aromatic N) is 1. The van der Waals surface area contributed by atoms with Gasteiger partial charge in [-0.25, -0.2) is 13.2 Å². The van der Waals surface area contributed by atoms with Gasteiger partial charge >= 0.3 is 0 Å². The topological polar surface area (TPSA) is 60.1 Å². The lowest BCUT2D eigenvalue weighted by molar-refractivity contribution is 0.413. The van der Waals surface area contributed by atoms with Crippen LogP contribution in [-0.2, 0) is 0 Å². The smallest absolute Gasteiger partial charge is 0.195 e. The lowest BCUT2D eigenvalue weighted by Crippen LogP contribution is -2.27. The summed E-state index contributed by atoms with van der Waals surface area (Å²) in [5, 5.41) is 2.53. The van der Waals surface area contributed by atoms with Crippen LogP contribution in [0.5, 0.6) is 0 Å². The summed E-state index contributed by atoms with van der Waals surface area (Å²) in [5.74, 6) is -3.57. The van der Waals surface area contributed by atoms with Gasteiger partial charge in [0.15, 0.2) is 22.9 Å². The Hall–Kier alpha value is -1.86. The molecule has 134 valence electrons. The number of rotatable bonds is 3. The molecule has 2 aliphatic rings. The second-order valence-electron chi connectivity index (χ2n) is 7.08. The summed E-state index contributed by atoms with van der Waals surface area (Å²) >= 11 is 0. The second-order valence-corrected chi connectivity index (χ2v) is 7.08. The van der Waals surface area contributed by atoms with E-state index in [9.17, 15) is 13.6 Å². The molecule has 2 unspecified atom stereocenters. The molecule has 25 heavy (non-hydrogen) atoms. The van der Waals surface area contributed by atoms with Crippen LogP contribution in [-0.4, -0.2) is 17.7 Å². The third kappa shape index (κ3) is 2.40. The van der Waals surface area contributed by atoms with Gasteiger partial charge in [0.1, 0.15) is 0 Å². The summed E-state index contributed by atoms with van der Waals surface area (Å²) in [6, 6.07) is -0.663. The Balaban J connectivity index is 2.08. The minimum atomic E-state index is -1.28. The van der Waals surface area contributed by atoms with Crippen LogP contribution in [0.3, 0.4) is 0 Å². The SMILES string of the molecule is Cc1cn(C2CC2)c2c(F)c(C3NCCC3CN)c(F)c(F)c2c1=O. The first-order chi connectivity index (χ1) is 12.0. The number of pyridine rings is 1. The number of benzene rings is 1. The zero-order chi connectivity index (χ0) is 17.9. The van der Waals surface area contributed by atoms with Crippen molar-refractivity contribution in [2.45, 2.75) is 38.3 Å². The number of halogens is 3. The molecule has 7 heteroatoms. The van der Waals surface area contributed by atoms with Crippen molar-refractivity contribution in [2.75, 3.05) is 13.1 Å². The van der Waals surface area contributed by atoms with Crippen LogP contribution in [0.25, 0.3) is 10.9 Å². The maximum absolute atomic E-state index is 15.4. The molecule has 1 saturated heterocycles. The van der Waals surface area contributed by atoms with Gasteiger partial charge in [-0.1, -0.05) is 0 Å². The molecule has 2 heterocycles.